The normalized spacial score (nSPS) is 13.5. The average Bonchev–Trinajstić information content (AvgIpc) is 2.48. The summed E-state index contributed by atoms with van der Waals surface area (Å²) in [6.45, 7) is 2.13. The molecule has 0 aromatic heterocycles. The Hall–Kier alpha value is -1.36. The molecule has 90 valence electrons. The van der Waals surface area contributed by atoms with Crippen molar-refractivity contribution in [3.8, 4) is 0 Å². The molecule has 0 unspecified atom stereocenters. The second-order valence-electron chi connectivity index (χ2n) is 4.42. The van der Waals surface area contributed by atoms with E-state index < -0.39 is 0 Å². The lowest BCUT2D eigenvalue weighted by atomic mass is 10.1. The molecule has 0 amide bonds. The molecule has 0 bridgehead atoms. The third kappa shape index (κ3) is 1.73. The number of hydrogen-bond donors (Lipinski definition) is 0. The van der Waals surface area contributed by atoms with E-state index in [1.807, 2.05) is 0 Å². The lowest BCUT2D eigenvalue weighted by molar-refractivity contribution is 1.19. The Labute approximate surface area is 120 Å². The summed E-state index contributed by atoms with van der Waals surface area (Å²) >= 11 is 2.31. The van der Waals surface area contributed by atoms with Gasteiger partial charge in [0.05, 0.1) is 17.1 Å². The zero-order chi connectivity index (χ0) is 12.7. The Bertz CT molecular complexity index is 647. The highest BCUT2D eigenvalue weighted by molar-refractivity contribution is 14.1. The van der Waals surface area contributed by atoms with Crippen LogP contribution in [0.4, 0.5) is 17.1 Å². The maximum Gasteiger partial charge on any atom is 0.111 e. The smallest absolute Gasteiger partial charge is 0.111 e. The van der Waals surface area contributed by atoms with E-state index in [0.717, 1.165) is 9.41 Å². The van der Waals surface area contributed by atoms with Crippen molar-refractivity contribution in [2.45, 2.75) is 6.92 Å². The van der Waals surface area contributed by atoms with E-state index in [2.05, 4.69) is 83.9 Å². The third-order valence-corrected chi connectivity index (χ3v) is 4.08. The Morgan fingerprint density at radius 1 is 1.06 bits per heavy atom. The number of anilines is 2. The first-order chi connectivity index (χ1) is 8.68. The molecule has 0 aliphatic carbocycles. The fourth-order valence-electron chi connectivity index (χ4n) is 2.40. The lowest BCUT2D eigenvalue weighted by Crippen LogP contribution is -2.12. The molecule has 18 heavy (non-hydrogen) atoms. The van der Waals surface area contributed by atoms with Gasteiger partial charge in [-0.2, -0.15) is 0 Å². The highest BCUT2D eigenvalue weighted by atomic mass is 127. The molecule has 2 aromatic carbocycles. The molecule has 0 spiro atoms. The monoisotopic (exact) mass is 348 g/mol. The summed E-state index contributed by atoms with van der Waals surface area (Å²) in [6, 6.07) is 14.7. The second-order valence-corrected chi connectivity index (χ2v) is 5.44. The van der Waals surface area contributed by atoms with Gasteiger partial charge in [0.15, 0.2) is 0 Å². The van der Waals surface area contributed by atoms with Gasteiger partial charge in [0.2, 0.25) is 0 Å². The summed E-state index contributed by atoms with van der Waals surface area (Å²) in [5.74, 6) is 0. The summed E-state index contributed by atoms with van der Waals surface area (Å²) < 4.78 is 1.04. The highest BCUT2D eigenvalue weighted by Crippen LogP contribution is 2.41. The molecule has 3 heteroatoms. The molecule has 0 saturated heterocycles. The van der Waals surface area contributed by atoms with E-state index in [4.69, 9.17) is 4.99 Å². The van der Waals surface area contributed by atoms with Crippen LogP contribution in [-0.4, -0.2) is 10.8 Å². The van der Waals surface area contributed by atoms with Crippen LogP contribution in [0.15, 0.2) is 47.5 Å². The first-order valence-corrected chi connectivity index (χ1v) is 6.93. The molecule has 1 aliphatic heterocycles. The van der Waals surface area contributed by atoms with E-state index in [-0.39, 0.29) is 0 Å². The summed E-state index contributed by atoms with van der Waals surface area (Å²) in [7, 11) is 2.11. The fourth-order valence-corrected chi connectivity index (χ4v) is 3.11. The number of fused-ring (bicyclic) bond motifs is 2. The van der Waals surface area contributed by atoms with E-state index in [1.165, 1.54) is 22.5 Å². The molecule has 0 fully saturated rings. The van der Waals surface area contributed by atoms with Gasteiger partial charge in [-0.05, 0) is 47.2 Å². The van der Waals surface area contributed by atoms with E-state index in [9.17, 15) is 0 Å². The Kier molecular flexibility index (Phi) is 2.86. The van der Waals surface area contributed by atoms with Gasteiger partial charge in [0.25, 0.3) is 0 Å². The molecule has 3 rings (SSSR count). The fraction of sp³-hybridized carbons (Fsp3) is 0.133. The van der Waals surface area contributed by atoms with Crippen LogP contribution in [0.25, 0.3) is 0 Å². The predicted octanol–water partition coefficient (Wildman–Crippen LogP) is 4.59. The van der Waals surface area contributed by atoms with Crippen LogP contribution in [0.1, 0.15) is 11.1 Å². The lowest BCUT2D eigenvalue weighted by Gasteiger charge is -2.22. The topological polar surface area (TPSA) is 15.6 Å². The molecular formula is C15H13IN2. The van der Waals surface area contributed by atoms with E-state index >= 15 is 0 Å². The Morgan fingerprint density at radius 2 is 1.83 bits per heavy atom. The summed E-state index contributed by atoms with van der Waals surface area (Å²) in [6.07, 6.45) is 0. The molecule has 1 aliphatic rings. The third-order valence-electron chi connectivity index (χ3n) is 3.26. The number of aliphatic imine (C=N–C) groups is 1. The van der Waals surface area contributed by atoms with Gasteiger partial charge in [-0.3, -0.25) is 0 Å². The highest BCUT2D eigenvalue weighted by Gasteiger charge is 2.19. The molecular weight excluding hydrogens is 335 g/mol. The van der Waals surface area contributed by atoms with Crippen molar-refractivity contribution >= 4 is 43.4 Å². The summed E-state index contributed by atoms with van der Waals surface area (Å²) in [5.41, 5.74) is 5.88. The maximum absolute atomic E-state index is 4.75. The van der Waals surface area contributed by atoms with Crippen molar-refractivity contribution in [2.24, 2.45) is 4.99 Å². The Morgan fingerprint density at radius 3 is 2.67 bits per heavy atom. The average molecular weight is 348 g/mol. The van der Waals surface area contributed by atoms with Crippen molar-refractivity contribution in [3.05, 3.63) is 53.6 Å². The van der Waals surface area contributed by atoms with Gasteiger partial charge in [-0.25, -0.2) is 4.99 Å². The molecule has 2 nitrogen and oxygen atoms in total. The van der Waals surface area contributed by atoms with Crippen LogP contribution in [0, 0.1) is 6.92 Å². The number of benzene rings is 2. The molecule has 0 atom stereocenters. The van der Waals surface area contributed by atoms with Gasteiger partial charge in [-0.1, -0.05) is 30.3 Å². The van der Waals surface area contributed by atoms with Crippen molar-refractivity contribution in [1.29, 1.82) is 0 Å². The second kappa shape index (κ2) is 4.39. The molecule has 0 saturated carbocycles. The van der Waals surface area contributed by atoms with Crippen molar-refractivity contribution < 1.29 is 0 Å². The zero-order valence-corrected chi connectivity index (χ0v) is 12.5. The largest absolute Gasteiger partial charge is 0.342 e. The van der Waals surface area contributed by atoms with Crippen molar-refractivity contribution in [1.82, 2.24) is 0 Å². The van der Waals surface area contributed by atoms with Gasteiger partial charge in [-0.15, -0.1) is 0 Å². The van der Waals surface area contributed by atoms with Crippen molar-refractivity contribution in [2.75, 3.05) is 11.9 Å². The number of nitrogens with zero attached hydrogens (tertiary/aromatic N) is 2. The minimum atomic E-state index is 1.04. The van der Waals surface area contributed by atoms with Crippen LogP contribution in [-0.2, 0) is 0 Å². The van der Waals surface area contributed by atoms with E-state index in [0.29, 0.717) is 0 Å². The molecule has 0 N–H and O–H groups in total. The maximum atomic E-state index is 4.75. The van der Waals surface area contributed by atoms with E-state index in [1.54, 1.807) is 0 Å². The number of rotatable bonds is 0. The van der Waals surface area contributed by atoms with Crippen LogP contribution in [0.5, 0.6) is 0 Å². The minimum absolute atomic E-state index is 1.04. The predicted molar refractivity (Wildman–Crippen MR) is 85.9 cm³/mol. The van der Waals surface area contributed by atoms with Crippen LogP contribution in [0.2, 0.25) is 0 Å². The number of halogens is 1. The van der Waals surface area contributed by atoms with Crippen LogP contribution >= 0.6 is 22.6 Å². The SMILES string of the molecule is Cc1cccc2c1N(C)c1ccccc1C(I)=N2. The summed E-state index contributed by atoms with van der Waals surface area (Å²) in [4.78, 5) is 6.99. The standard InChI is InChI=1S/C15H13IN2/c1-10-6-5-8-12-14(10)18(2)13-9-4-3-7-11(13)15(16)17-12/h3-9H,1-2H3. The number of aryl methyl sites for hydroxylation is 1. The van der Waals surface area contributed by atoms with Gasteiger partial charge >= 0.3 is 0 Å². The molecule has 2 aromatic rings. The number of hydrogen-bond acceptors (Lipinski definition) is 2. The molecule has 0 radical (unpaired) electrons. The first kappa shape index (κ1) is 11.7. The summed E-state index contributed by atoms with van der Waals surface area (Å²) in [5, 5.41) is 0. The van der Waals surface area contributed by atoms with Crippen molar-refractivity contribution in [3.63, 3.8) is 0 Å². The minimum Gasteiger partial charge on any atom is -0.342 e. The first-order valence-electron chi connectivity index (χ1n) is 5.85. The Balaban J connectivity index is 2.35. The van der Waals surface area contributed by atoms with Gasteiger partial charge in [0.1, 0.15) is 3.72 Å². The number of para-hydroxylation sites is 2. The van der Waals surface area contributed by atoms with Crippen LogP contribution in [0.3, 0.4) is 0 Å². The van der Waals surface area contributed by atoms with Gasteiger partial charge < -0.3 is 4.90 Å². The van der Waals surface area contributed by atoms with Crippen LogP contribution < -0.4 is 4.90 Å². The molecule has 1 heterocycles. The zero-order valence-electron chi connectivity index (χ0n) is 10.3. The quantitative estimate of drug-likeness (QED) is 0.636. The van der Waals surface area contributed by atoms with Gasteiger partial charge in [0, 0.05) is 12.6 Å².